The normalized spacial score (nSPS) is 20.2. The van der Waals surface area contributed by atoms with Crippen LogP contribution in [0.3, 0.4) is 0 Å². The molecule has 0 bridgehead atoms. The standard InChI is InChI=1S/C33H33N3O2/c1-33-20-22-36(21-19-24-9-5-3-6-10-24)31(33)35(2)30-18-17-28(23-29(30)33)38-32(37)34-27-15-13-26(14-16-27)25-11-7-4-8-12-25/h3-18,23,31H,19-22H2,1-2H3,(H,34,37)/t31-,33-/m0/s1. The van der Waals surface area contributed by atoms with Gasteiger partial charge in [0.05, 0.1) is 6.17 Å². The summed E-state index contributed by atoms with van der Waals surface area (Å²) >= 11 is 0. The highest BCUT2D eigenvalue weighted by molar-refractivity contribution is 5.87. The van der Waals surface area contributed by atoms with Crippen LogP contribution >= 0.6 is 0 Å². The zero-order chi connectivity index (χ0) is 26.1. The van der Waals surface area contributed by atoms with Gasteiger partial charge in [0, 0.05) is 36.9 Å². The van der Waals surface area contributed by atoms with E-state index >= 15 is 0 Å². The number of carbonyl (C=O) groups is 1. The molecule has 1 N–H and O–H groups in total. The first-order chi connectivity index (χ1) is 18.5. The van der Waals surface area contributed by atoms with Gasteiger partial charge in [0.25, 0.3) is 0 Å². The Morgan fingerprint density at radius 1 is 0.921 bits per heavy atom. The van der Waals surface area contributed by atoms with Crippen LogP contribution in [0.5, 0.6) is 5.75 Å². The molecular formula is C33H33N3O2. The van der Waals surface area contributed by atoms with Gasteiger partial charge in [-0.1, -0.05) is 79.7 Å². The van der Waals surface area contributed by atoms with Crippen molar-refractivity contribution in [2.45, 2.75) is 31.3 Å². The molecule has 0 unspecified atom stereocenters. The SMILES string of the molecule is CN1c2ccc(OC(=O)Nc3ccc(-c4ccccc4)cc3)cc2[C@]2(C)CCN(CCc3ccccc3)[C@H]12. The summed E-state index contributed by atoms with van der Waals surface area (Å²) in [6.07, 6.45) is 1.93. The first-order valence-electron chi connectivity index (χ1n) is 13.3. The molecule has 0 saturated carbocycles. The van der Waals surface area contributed by atoms with Crippen LogP contribution in [0, 0.1) is 0 Å². The third-order valence-corrected chi connectivity index (χ3v) is 8.14. The highest BCUT2D eigenvalue weighted by Gasteiger charge is 2.53. The number of hydrogen-bond acceptors (Lipinski definition) is 4. The van der Waals surface area contributed by atoms with Crippen LogP contribution in [-0.2, 0) is 11.8 Å². The fourth-order valence-corrected chi connectivity index (χ4v) is 6.23. The van der Waals surface area contributed by atoms with Crippen molar-refractivity contribution in [2.24, 2.45) is 0 Å². The zero-order valence-corrected chi connectivity index (χ0v) is 21.9. The summed E-state index contributed by atoms with van der Waals surface area (Å²) in [5, 5.41) is 2.86. The van der Waals surface area contributed by atoms with E-state index in [1.54, 1.807) is 0 Å². The molecule has 4 aromatic rings. The molecule has 1 fully saturated rings. The number of fused-ring (bicyclic) bond motifs is 3. The maximum atomic E-state index is 12.7. The van der Waals surface area contributed by atoms with Crippen molar-refractivity contribution >= 4 is 17.5 Å². The number of benzene rings is 4. The van der Waals surface area contributed by atoms with E-state index in [4.69, 9.17) is 4.74 Å². The monoisotopic (exact) mass is 503 g/mol. The molecular weight excluding hydrogens is 470 g/mol. The van der Waals surface area contributed by atoms with Crippen molar-refractivity contribution in [2.75, 3.05) is 30.4 Å². The summed E-state index contributed by atoms with van der Waals surface area (Å²) in [4.78, 5) is 17.7. The number of nitrogens with one attached hydrogen (secondary N) is 1. The number of carbonyl (C=O) groups excluding carboxylic acids is 1. The third kappa shape index (κ3) is 4.54. The molecule has 2 atom stereocenters. The Morgan fingerprint density at radius 3 is 2.34 bits per heavy atom. The van der Waals surface area contributed by atoms with Crippen LogP contribution in [-0.4, -0.2) is 37.3 Å². The topological polar surface area (TPSA) is 44.8 Å². The number of nitrogens with zero attached hydrogens (tertiary/aromatic N) is 2. The maximum Gasteiger partial charge on any atom is 0.417 e. The number of likely N-dealkylation sites (N-methyl/N-ethyl adjacent to an activating group) is 1. The molecule has 0 radical (unpaired) electrons. The average molecular weight is 504 g/mol. The summed E-state index contributed by atoms with van der Waals surface area (Å²) in [5.41, 5.74) is 6.77. The number of anilines is 2. The van der Waals surface area contributed by atoms with Crippen LogP contribution in [0.4, 0.5) is 16.2 Å². The van der Waals surface area contributed by atoms with Gasteiger partial charge < -0.3 is 9.64 Å². The van der Waals surface area contributed by atoms with Gasteiger partial charge in [-0.15, -0.1) is 0 Å². The van der Waals surface area contributed by atoms with Crippen LogP contribution in [0.1, 0.15) is 24.5 Å². The minimum atomic E-state index is -0.485. The molecule has 4 aromatic carbocycles. The van der Waals surface area contributed by atoms with E-state index in [0.29, 0.717) is 17.6 Å². The molecule has 0 spiro atoms. The van der Waals surface area contributed by atoms with Gasteiger partial charge in [-0.2, -0.15) is 0 Å². The van der Waals surface area contributed by atoms with Gasteiger partial charge in [-0.3, -0.25) is 10.2 Å². The Bertz CT molecular complexity index is 1420. The molecule has 1 amide bonds. The van der Waals surface area contributed by atoms with Crippen LogP contribution < -0.4 is 15.0 Å². The molecule has 0 aromatic heterocycles. The van der Waals surface area contributed by atoms with Crippen molar-refractivity contribution in [1.82, 2.24) is 4.90 Å². The van der Waals surface area contributed by atoms with E-state index in [0.717, 1.165) is 37.1 Å². The minimum absolute atomic E-state index is 0.0100. The van der Waals surface area contributed by atoms with E-state index in [1.807, 2.05) is 48.5 Å². The Balaban J connectivity index is 1.13. The lowest BCUT2D eigenvalue weighted by molar-refractivity contribution is 0.215. The summed E-state index contributed by atoms with van der Waals surface area (Å²) in [5.74, 6) is 0.570. The first-order valence-corrected chi connectivity index (χ1v) is 13.3. The average Bonchev–Trinajstić information content (AvgIpc) is 3.40. The van der Waals surface area contributed by atoms with Crippen molar-refractivity contribution < 1.29 is 9.53 Å². The van der Waals surface area contributed by atoms with Crippen molar-refractivity contribution in [3.63, 3.8) is 0 Å². The third-order valence-electron chi connectivity index (χ3n) is 8.14. The summed E-state index contributed by atoms with van der Waals surface area (Å²) in [7, 11) is 2.18. The number of rotatable bonds is 6. The van der Waals surface area contributed by atoms with Gasteiger partial charge >= 0.3 is 6.09 Å². The summed E-state index contributed by atoms with van der Waals surface area (Å²) in [6.45, 7) is 4.43. The van der Waals surface area contributed by atoms with Crippen molar-refractivity contribution in [3.05, 3.63) is 114 Å². The quantitative estimate of drug-likeness (QED) is 0.309. The van der Waals surface area contributed by atoms with Crippen LogP contribution in [0.25, 0.3) is 11.1 Å². The molecule has 2 aliphatic rings. The number of likely N-dealkylation sites (tertiary alicyclic amines) is 1. The Labute approximate surface area is 224 Å². The lowest BCUT2D eigenvalue weighted by atomic mass is 9.81. The second kappa shape index (κ2) is 9.99. The van der Waals surface area contributed by atoms with E-state index in [2.05, 4.69) is 83.7 Å². The number of hydrogen-bond donors (Lipinski definition) is 1. The predicted molar refractivity (Wildman–Crippen MR) is 154 cm³/mol. The summed E-state index contributed by atoms with van der Waals surface area (Å²) in [6, 6.07) is 34.7. The van der Waals surface area contributed by atoms with E-state index < -0.39 is 6.09 Å². The van der Waals surface area contributed by atoms with Gasteiger partial charge in [0.15, 0.2) is 0 Å². The Kier molecular flexibility index (Phi) is 6.38. The maximum absolute atomic E-state index is 12.7. The van der Waals surface area contributed by atoms with Gasteiger partial charge in [0.1, 0.15) is 5.75 Å². The van der Waals surface area contributed by atoms with Gasteiger partial charge in [0.2, 0.25) is 0 Å². The van der Waals surface area contributed by atoms with E-state index in [-0.39, 0.29) is 5.41 Å². The Hall–Kier alpha value is -4.09. The molecule has 2 aliphatic heterocycles. The molecule has 5 nitrogen and oxygen atoms in total. The molecule has 6 rings (SSSR count). The van der Waals surface area contributed by atoms with Crippen LogP contribution in [0.2, 0.25) is 0 Å². The highest BCUT2D eigenvalue weighted by Crippen LogP contribution is 2.52. The zero-order valence-electron chi connectivity index (χ0n) is 21.9. The molecule has 192 valence electrons. The molecule has 2 heterocycles. The first kappa shape index (κ1) is 24.3. The largest absolute Gasteiger partial charge is 0.417 e. The van der Waals surface area contributed by atoms with E-state index in [9.17, 15) is 4.79 Å². The Morgan fingerprint density at radius 2 is 1.61 bits per heavy atom. The van der Waals surface area contributed by atoms with Gasteiger partial charge in [-0.25, -0.2) is 4.79 Å². The fraction of sp³-hybridized carbons (Fsp3) is 0.242. The molecule has 0 aliphatic carbocycles. The lowest BCUT2D eigenvalue weighted by Gasteiger charge is -2.34. The number of amides is 1. The summed E-state index contributed by atoms with van der Waals surface area (Å²) < 4.78 is 5.74. The molecule has 1 saturated heterocycles. The minimum Gasteiger partial charge on any atom is -0.410 e. The van der Waals surface area contributed by atoms with Crippen LogP contribution in [0.15, 0.2) is 103 Å². The van der Waals surface area contributed by atoms with Crippen molar-refractivity contribution in [1.29, 1.82) is 0 Å². The second-order valence-electron chi connectivity index (χ2n) is 10.6. The highest BCUT2D eigenvalue weighted by atomic mass is 16.6. The lowest BCUT2D eigenvalue weighted by Crippen LogP contribution is -2.47. The van der Waals surface area contributed by atoms with E-state index in [1.165, 1.54) is 16.8 Å². The van der Waals surface area contributed by atoms with Crippen molar-refractivity contribution in [3.8, 4) is 16.9 Å². The molecule has 38 heavy (non-hydrogen) atoms. The fourth-order valence-electron chi connectivity index (χ4n) is 6.23. The predicted octanol–water partition coefficient (Wildman–Crippen LogP) is 6.95. The van der Waals surface area contributed by atoms with Gasteiger partial charge in [-0.05, 0) is 65.4 Å². The molecule has 5 heteroatoms. The smallest absolute Gasteiger partial charge is 0.410 e. The number of ether oxygens (including phenoxy) is 1. The second-order valence-corrected chi connectivity index (χ2v) is 10.6.